The molecule has 0 saturated heterocycles. The lowest BCUT2D eigenvalue weighted by Gasteiger charge is -2.22. The fourth-order valence-electron chi connectivity index (χ4n) is 3.51. The number of rotatable bonds is 2. The fraction of sp³-hybridized carbons (Fsp3) is 0.304. The number of aromatic nitrogens is 3. The number of aromatic amines is 1. The quantitative estimate of drug-likeness (QED) is 0.520. The lowest BCUT2D eigenvalue weighted by atomic mass is 10.0. The summed E-state index contributed by atoms with van der Waals surface area (Å²) in [6, 6.07) is 10.2. The van der Waals surface area contributed by atoms with Crippen molar-refractivity contribution in [3.8, 4) is 11.3 Å². The van der Waals surface area contributed by atoms with E-state index in [0.717, 1.165) is 39.1 Å². The van der Waals surface area contributed by atoms with Crippen LogP contribution in [0.4, 0.5) is 5.82 Å². The number of imidazole rings is 1. The third-order valence-electron chi connectivity index (χ3n) is 5.08. The summed E-state index contributed by atoms with van der Waals surface area (Å²) in [5.74, 6) is 0.830. The number of nitrogens with zero attached hydrogens (tertiary/aromatic N) is 2. The molecular weight excluding hydrogens is 348 g/mol. The highest BCUT2D eigenvalue weighted by molar-refractivity contribution is 5.88. The number of pyridine rings is 2. The minimum Gasteiger partial charge on any atom is -0.365 e. The van der Waals surface area contributed by atoms with Crippen LogP contribution in [0.5, 0.6) is 0 Å². The molecule has 3 heterocycles. The van der Waals surface area contributed by atoms with Crippen LogP contribution in [0.2, 0.25) is 0 Å². The Morgan fingerprint density at radius 1 is 1.07 bits per heavy atom. The Bertz CT molecular complexity index is 1270. The molecule has 0 fully saturated rings. The summed E-state index contributed by atoms with van der Waals surface area (Å²) in [5.41, 5.74) is 6.04. The van der Waals surface area contributed by atoms with Crippen molar-refractivity contribution in [2.45, 2.75) is 47.1 Å². The van der Waals surface area contributed by atoms with Gasteiger partial charge in [-0.2, -0.15) is 0 Å². The molecule has 0 aliphatic carbocycles. The predicted octanol–water partition coefficient (Wildman–Crippen LogP) is 4.98. The number of anilines is 1. The van der Waals surface area contributed by atoms with Crippen molar-refractivity contribution in [2.75, 3.05) is 5.32 Å². The van der Waals surface area contributed by atoms with Gasteiger partial charge in [-0.1, -0.05) is 12.1 Å². The molecule has 0 spiro atoms. The largest absolute Gasteiger partial charge is 0.365 e. The smallest absolute Gasteiger partial charge is 0.258 e. The zero-order chi connectivity index (χ0) is 20.2. The topological polar surface area (TPSA) is 62.2 Å². The standard InChI is InChI=1S/C23H26N4O/c1-13-9-10-27-18(11-13)24-20(21(27)26-23(4,5)6)17-12-16-8-7-14(2)15(3)19(16)25-22(17)28/h7-12,26H,1-6H3,(H,25,28). The van der Waals surface area contributed by atoms with E-state index in [1.165, 1.54) is 0 Å². The van der Waals surface area contributed by atoms with Crippen LogP contribution < -0.4 is 10.9 Å². The molecule has 0 atom stereocenters. The highest BCUT2D eigenvalue weighted by atomic mass is 16.1. The third-order valence-corrected chi connectivity index (χ3v) is 5.08. The first kappa shape index (κ1) is 18.3. The second-order valence-corrected chi connectivity index (χ2v) is 8.60. The van der Waals surface area contributed by atoms with Gasteiger partial charge in [0.2, 0.25) is 0 Å². The number of H-pyrrole nitrogens is 1. The van der Waals surface area contributed by atoms with E-state index in [-0.39, 0.29) is 11.1 Å². The molecule has 144 valence electrons. The molecule has 0 aliphatic rings. The van der Waals surface area contributed by atoms with Gasteiger partial charge in [-0.15, -0.1) is 0 Å². The zero-order valence-corrected chi connectivity index (χ0v) is 17.3. The van der Waals surface area contributed by atoms with Gasteiger partial charge < -0.3 is 10.3 Å². The van der Waals surface area contributed by atoms with Crippen LogP contribution in [0, 0.1) is 20.8 Å². The lowest BCUT2D eigenvalue weighted by Crippen LogP contribution is -2.27. The van der Waals surface area contributed by atoms with Crippen molar-refractivity contribution in [1.82, 2.24) is 14.4 Å². The molecule has 0 radical (unpaired) electrons. The Kier molecular flexibility index (Phi) is 4.07. The SMILES string of the molecule is Cc1ccn2c(NC(C)(C)C)c(-c3cc4ccc(C)c(C)c4[nH]c3=O)nc2c1. The predicted molar refractivity (Wildman–Crippen MR) is 116 cm³/mol. The van der Waals surface area contributed by atoms with Crippen LogP contribution >= 0.6 is 0 Å². The van der Waals surface area contributed by atoms with Crippen LogP contribution in [-0.4, -0.2) is 19.9 Å². The summed E-state index contributed by atoms with van der Waals surface area (Å²) < 4.78 is 2.01. The van der Waals surface area contributed by atoms with Crippen molar-refractivity contribution in [2.24, 2.45) is 0 Å². The van der Waals surface area contributed by atoms with Gasteiger partial charge in [-0.05, 0) is 81.8 Å². The maximum Gasteiger partial charge on any atom is 0.258 e. The van der Waals surface area contributed by atoms with Crippen molar-refractivity contribution < 1.29 is 0 Å². The van der Waals surface area contributed by atoms with Crippen LogP contribution in [0.1, 0.15) is 37.5 Å². The van der Waals surface area contributed by atoms with Gasteiger partial charge in [-0.3, -0.25) is 9.20 Å². The Morgan fingerprint density at radius 3 is 2.54 bits per heavy atom. The Balaban J connectivity index is 2.03. The molecule has 5 nitrogen and oxygen atoms in total. The van der Waals surface area contributed by atoms with Crippen LogP contribution in [-0.2, 0) is 0 Å². The van der Waals surface area contributed by atoms with Gasteiger partial charge in [0, 0.05) is 11.7 Å². The van der Waals surface area contributed by atoms with Crippen LogP contribution in [0.15, 0.2) is 41.3 Å². The van der Waals surface area contributed by atoms with Gasteiger partial charge in [0.1, 0.15) is 17.2 Å². The van der Waals surface area contributed by atoms with Crippen molar-refractivity contribution in [1.29, 1.82) is 0 Å². The van der Waals surface area contributed by atoms with E-state index in [1.54, 1.807) is 0 Å². The lowest BCUT2D eigenvalue weighted by molar-refractivity contribution is 0.629. The number of nitrogens with one attached hydrogen (secondary N) is 2. The molecule has 0 amide bonds. The van der Waals surface area contributed by atoms with Gasteiger partial charge in [0.25, 0.3) is 5.56 Å². The zero-order valence-electron chi connectivity index (χ0n) is 17.3. The number of hydrogen-bond donors (Lipinski definition) is 2. The highest BCUT2D eigenvalue weighted by Crippen LogP contribution is 2.31. The van der Waals surface area contributed by atoms with Crippen molar-refractivity contribution >= 4 is 22.4 Å². The first-order chi connectivity index (χ1) is 13.1. The molecule has 2 N–H and O–H groups in total. The van der Waals surface area contributed by atoms with Gasteiger partial charge in [-0.25, -0.2) is 4.98 Å². The molecule has 0 unspecified atom stereocenters. The fourth-order valence-corrected chi connectivity index (χ4v) is 3.51. The molecule has 5 heteroatoms. The molecule has 4 aromatic rings. The van der Waals surface area contributed by atoms with Gasteiger partial charge in [0.15, 0.2) is 0 Å². The molecule has 0 saturated carbocycles. The van der Waals surface area contributed by atoms with E-state index < -0.39 is 0 Å². The Morgan fingerprint density at radius 2 is 1.82 bits per heavy atom. The highest BCUT2D eigenvalue weighted by Gasteiger charge is 2.21. The van der Waals surface area contributed by atoms with E-state index in [4.69, 9.17) is 4.98 Å². The van der Waals surface area contributed by atoms with Gasteiger partial charge in [0.05, 0.1) is 11.1 Å². The maximum absolute atomic E-state index is 13.0. The van der Waals surface area contributed by atoms with Crippen LogP contribution in [0.25, 0.3) is 27.8 Å². The van der Waals surface area contributed by atoms with Crippen molar-refractivity contribution in [3.05, 3.63) is 63.6 Å². The minimum atomic E-state index is -0.174. The molecule has 0 aliphatic heterocycles. The Labute approximate surface area is 164 Å². The molecule has 1 aromatic carbocycles. The van der Waals surface area contributed by atoms with E-state index in [0.29, 0.717) is 11.3 Å². The number of fused-ring (bicyclic) bond motifs is 2. The molecule has 28 heavy (non-hydrogen) atoms. The number of aryl methyl sites for hydroxylation is 3. The number of benzene rings is 1. The molecular formula is C23H26N4O. The van der Waals surface area contributed by atoms with E-state index in [9.17, 15) is 4.79 Å². The summed E-state index contributed by atoms with van der Waals surface area (Å²) >= 11 is 0. The average molecular weight is 374 g/mol. The second kappa shape index (κ2) is 6.23. The molecule has 0 bridgehead atoms. The summed E-state index contributed by atoms with van der Waals surface area (Å²) in [4.78, 5) is 20.9. The second-order valence-electron chi connectivity index (χ2n) is 8.60. The van der Waals surface area contributed by atoms with Gasteiger partial charge >= 0.3 is 0 Å². The normalized spacial score (nSPS) is 12.1. The van der Waals surface area contributed by atoms with E-state index in [2.05, 4.69) is 44.1 Å². The maximum atomic E-state index is 13.0. The summed E-state index contributed by atoms with van der Waals surface area (Å²) in [6.07, 6.45) is 2.00. The monoisotopic (exact) mass is 374 g/mol. The average Bonchev–Trinajstić information content (AvgIpc) is 2.94. The van der Waals surface area contributed by atoms with E-state index in [1.807, 2.05) is 48.7 Å². The first-order valence-corrected chi connectivity index (χ1v) is 9.54. The first-order valence-electron chi connectivity index (χ1n) is 9.54. The third kappa shape index (κ3) is 3.07. The van der Waals surface area contributed by atoms with Crippen LogP contribution in [0.3, 0.4) is 0 Å². The minimum absolute atomic E-state index is 0.127. The summed E-state index contributed by atoms with van der Waals surface area (Å²) in [6.45, 7) is 12.4. The summed E-state index contributed by atoms with van der Waals surface area (Å²) in [7, 11) is 0. The molecule has 4 rings (SSSR count). The Hall–Kier alpha value is -3.08. The van der Waals surface area contributed by atoms with Crippen molar-refractivity contribution in [3.63, 3.8) is 0 Å². The molecule has 3 aromatic heterocycles. The van der Waals surface area contributed by atoms with E-state index >= 15 is 0 Å². The number of hydrogen-bond acceptors (Lipinski definition) is 3. The summed E-state index contributed by atoms with van der Waals surface area (Å²) in [5, 5.41) is 4.54.